The molecule has 73 heavy (non-hydrogen) atoms. The lowest BCUT2D eigenvalue weighted by Gasteiger charge is -2.20. The van der Waals surface area contributed by atoms with E-state index in [0.29, 0.717) is 19.4 Å². The van der Waals surface area contributed by atoms with Gasteiger partial charge in [-0.2, -0.15) is 0 Å². The molecule has 0 saturated carbocycles. The maximum absolute atomic E-state index is 12.4. The average molecular weight is 1030 g/mol. The number of nitrogens with one attached hydrogen (secondary N) is 1. The van der Waals surface area contributed by atoms with Gasteiger partial charge < -0.3 is 20.3 Å². The molecule has 2 atom stereocenters. The fourth-order valence-corrected chi connectivity index (χ4v) is 10.1. The fourth-order valence-electron chi connectivity index (χ4n) is 10.1. The van der Waals surface area contributed by atoms with E-state index in [1.54, 1.807) is 6.08 Å². The van der Waals surface area contributed by atoms with Crippen LogP contribution in [0.3, 0.4) is 0 Å². The molecule has 0 saturated heterocycles. The first-order valence-electron chi connectivity index (χ1n) is 32.8. The van der Waals surface area contributed by atoms with Crippen LogP contribution in [0.15, 0.2) is 36.5 Å². The topological polar surface area (TPSA) is 95.9 Å². The van der Waals surface area contributed by atoms with Crippen LogP contribution in [-0.2, 0) is 14.3 Å². The van der Waals surface area contributed by atoms with Crippen LogP contribution in [-0.4, -0.2) is 47.4 Å². The molecule has 430 valence electrons. The number of aliphatic hydroxyl groups is 2. The van der Waals surface area contributed by atoms with Crippen LogP contribution in [0.5, 0.6) is 0 Å². The van der Waals surface area contributed by atoms with Gasteiger partial charge >= 0.3 is 5.97 Å². The van der Waals surface area contributed by atoms with Crippen LogP contribution >= 0.6 is 0 Å². The van der Waals surface area contributed by atoms with Crippen LogP contribution < -0.4 is 5.32 Å². The average Bonchev–Trinajstić information content (AvgIpc) is 3.39. The van der Waals surface area contributed by atoms with E-state index in [9.17, 15) is 19.8 Å². The molecule has 0 bridgehead atoms. The van der Waals surface area contributed by atoms with Crippen molar-refractivity contribution in [2.45, 2.75) is 366 Å². The molecule has 0 aliphatic heterocycles. The number of amides is 1. The van der Waals surface area contributed by atoms with Crippen molar-refractivity contribution in [1.82, 2.24) is 5.32 Å². The van der Waals surface area contributed by atoms with Crippen molar-refractivity contribution in [3.05, 3.63) is 36.5 Å². The Labute approximate surface area is 455 Å². The lowest BCUT2D eigenvalue weighted by Crippen LogP contribution is -2.45. The fraction of sp³-hybridized carbons (Fsp3) is 0.881. The van der Waals surface area contributed by atoms with Crippen molar-refractivity contribution in [3.8, 4) is 0 Å². The molecule has 6 heteroatoms. The zero-order valence-corrected chi connectivity index (χ0v) is 49.1. The lowest BCUT2D eigenvalue weighted by molar-refractivity contribution is -0.143. The third-order valence-electron chi connectivity index (χ3n) is 15.2. The number of hydrogen-bond donors (Lipinski definition) is 3. The molecule has 0 rings (SSSR count). The second-order valence-corrected chi connectivity index (χ2v) is 22.5. The zero-order valence-electron chi connectivity index (χ0n) is 49.1. The van der Waals surface area contributed by atoms with E-state index >= 15 is 0 Å². The SMILES string of the molecule is CCCCCCCCCC/C=C/C(O)C(CO)NC(=O)CCCCCCCCCCCCCCCCCCC/C=C\C/C=C\CCCCCCCCCCCOC(=O)CCCCCCCCCCCCCCC. The van der Waals surface area contributed by atoms with Crippen LogP contribution in [0.1, 0.15) is 354 Å². The van der Waals surface area contributed by atoms with E-state index in [1.807, 2.05) is 6.08 Å². The second kappa shape index (κ2) is 62.6. The van der Waals surface area contributed by atoms with Crippen LogP contribution in [0.25, 0.3) is 0 Å². The largest absolute Gasteiger partial charge is 0.466 e. The van der Waals surface area contributed by atoms with Crippen molar-refractivity contribution in [1.29, 1.82) is 0 Å². The Balaban J connectivity index is 3.37. The zero-order chi connectivity index (χ0) is 52.9. The number of carbonyl (C=O) groups excluding carboxylic acids is 2. The Kier molecular flexibility index (Phi) is 61.0. The number of rotatable bonds is 61. The number of aliphatic hydroxyl groups excluding tert-OH is 2. The molecule has 0 fully saturated rings. The molecule has 6 nitrogen and oxygen atoms in total. The molecule has 0 radical (unpaired) electrons. The van der Waals surface area contributed by atoms with Crippen LogP contribution in [0.2, 0.25) is 0 Å². The highest BCUT2D eigenvalue weighted by atomic mass is 16.5. The molecule has 0 heterocycles. The first-order chi connectivity index (χ1) is 36.0. The minimum absolute atomic E-state index is 0.0155. The van der Waals surface area contributed by atoms with E-state index in [1.165, 1.54) is 283 Å². The monoisotopic (exact) mass is 1030 g/mol. The Morgan fingerprint density at radius 1 is 0.384 bits per heavy atom. The summed E-state index contributed by atoms with van der Waals surface area (Å²) in [5.74, 6) is -0.0517. The third-order valence-corrected chi connectivity index (χ3v) is 15.2. The molecular formula is C67H127NO5. The summed E-state index contributed by atoms with van der Waals surface area (Å²) in [5, 5.41) is 23.0. The summed E-state index contributed by atoms with van der Waals surface area (Å²) in [7, 11) is 0. The van der Waals surface area contributed by atoms with E-state index in [2.05, 4.69) is 43.5 Å². The van der Waals surface area contributed by atoms with Crippen molar-refractivity contribution >= 4 is 11.9 Å². The van der Waals surface area contributed by atoms with Crippen molar-refractivity contribution < 1.29 is 24.5 Å². The summed E-state index contributed by atoms with van der Waals surface area (Å²) in [6.45, 7) is 4.90. The minimum atomic E-state index is -0.841. The van der Waals surface area contributed by atoms with Gasteiger partial charge in [-0.1, -0.05) is 314 Å². The van der Waals surface area contributed by atoms with Gasteiger partial charge in [0.1, 0.15) is 0 Å². The normalized spacial score (nSPS) is 12.8. The van der Waals surface area contributed by atoms with Gasteiger partial charge in [0.15, 0.2) is 0 Å². The van der Waals surface area contributed by atoms with Crippen molar-refractivity contribution in [3.63, 3.8) is 0 Å². The number of unbranched alkanes of at least 4 members (excludes halogenated alkanes) is 46. The minimum Gasteiger partial charge on any atom is -0.466 e. The van der Waals surface area contributed by atoms with Gasteiger partial charge in [-0.25, -0.2) is 0 Å². The molecule has 0 aromatic carbocycles. The maximum Gasteiger partial charge on any atom is 0.305 e. The predicted octanol–water partition coefficient (Wildman–Crippen LogP) is 20.8. The molecule has 1 amide bonds. The van der Waals surface area contributed by atoms with Gasteiger partial charge in [0, 0.05) is 12.8 Å². The van der Waals surface area contributed by atoms with Crippen LogP contribution in [0.4, 0.5) is 0 Å². The van der Waals surface area contributed by atoms with E-state index < -0.39 is 12.1 Å². The number of esters is 1. The molecule has 0 aliphatic rings. The standard InChI is InChI=1S/C67H127NO5/c1-3-5-7-9-11-13-15-37-41-45-49-53-57-61-67(72)73-62-58-54-50-46-42-39-36-34-32-30-28-26-24-22-20-18-16-17-19-21-23-25-27-29-31-33-35-38-40-44-48-52-56-60-66(71)68-64(63-69)65(70)59-55-51-47-43-14-12-10-8-6-4-2/h20,22,26,28,55,59,64-65,69-70H,3-19,21,23-25,27,29-54,56-58,60-63H2,1-2H3,(H,68,71)/b22-20-,28-26-,59-55+. The van der Waals surface area contributed by atoms with Crippen molar-refractivity contribution in [2.75, 3.05) is 13.2 Å². The van der Waals surface area contributed by atoms with Gasteiger partial charge in [0.25, 0.3) is 0 Å². The van der Waals surface area contributed by atoms with Gasteiger partial charge in [-0.3, -0.25) is 9.59 Å². The van der Waals surface area contributed by atoms with Crippen LogP contribution in [0, 0.1) is 0 Å². The molecule has 0 aromatic rings. The van der Waals surface area contributed by atoms with Gasteiger partial charge in [-0.05, 0) is 64.2 Å². The van der Waals surface area contributed by atoms with E-state index in [0.717, 1.165) is 44.9 Å². The lowest BCUT2D eigenvalue weighted by atomic mass is 10.0. The Morgan fingerprint density at radius 3 is 1.04 bits per heavy atom. The summed E-state index contributed by atoms with van der Waals surface area (Å²) >= 11 is 0. The highest BCUT2D eigenvalue weighted by molar-refractivity contribution is 5.76. The van der Waals surface area contributed by atoms with Crippen molar-refractivity contribution in [2.24, 2.45) is 0 Å². The Morgan fingerprint density at radius 2 is 0.685 bits per heavy atom. The van der Waals surface area contributed by atoms with E-state index in [4.69, 9.17) is 4.74 Å². The van der Waals surface area contributed by atoms with Gasteiger partial charge in [0.2, 0.25) is 5.91 Å². The van der Waals surface area contributed by atoms with E-state index in [-0.39, 0.29) is 18.5 Å². The highest BCUT2D eigenvalue weighted by Gasteiger charge is 2.18. The first-order valence-corrected chi connectivity index (χ1v) is 32.8. The van der Waals surface area contributed by atoms with Gasteiger partial charge in [-0.15, -0.1) is 0 Å². The first kappa shape index (κ1) is 71.1. The Bertz CT molecular complexity index is 1180. The summed E-state index contributed by atoms with van der Waals surface area (Å²) < 4.78 is 5.48. The number of allylic oxidation sites excluding steroid dienone is 5. The quantitative estimate of drug-likeness (QED) is 0.0320. The Hall–Kier alpha value is -1.92. The van der Waals surface area contributed by atoms with Gasteiger partial charge in [0.05, 0.1) is 25.4 Å². The third kappa shape index (κ3) is 59.2. The second-order valence-electron chi connectivity index (χ2n) is 22.5. The molecular weight excluding hydrogens is 899 g/mol. The molecule has 3 N–H and O–H groups in total. The maximum atomic E-state index is 12.4. The highest BCUT2D eigenvalue weighted by Crippen LogP contribution is 2.18. The predicted molar refractivity (Wildman–Crippen MR) is 319 cm³/mol. The summed E-state index contributed by atoms with van der Waals surface area (Å²) in [6.07, 6.45) is 79.4. The molecule has 0 aromatic heterocycles. The molecule has 0 aliphatic carbocycles. The summed E-state index contributed by atoms with van der Waals surface area (Å²) in [6, 6.07) is -0.624. The number of hydrogen-bond acceptors (Lipinski definition) is 5. The summed E-state index contributed by atoms with van der Waals surface area (Å²) in [4.78, 5) is 24.4. The molecule has 2 unspecified atom stereocenters. The smallest absolute Gasteiger partial charge is 0.305 e. The number of carbonyl (C=O) groups is 2. The number of ether oxygens (including phenoxy) is 1. The molecule has 0 spiro atoms. The summed E-state index contributed by atoms with van der Waals surface area (Å²) in [5.41, 5.74) is 0.